The molecule has 5 nitrogen and oxygen atoms in total. The van der Waals surface area contributed by atoms with Crippen LogP contribution in [0.5, 0.6) is 0 Å². The van der Waals surface area contributed by atoms with Gasteiger partial charge in [-0.15, -0.1) is 12.4 Å². The van der Waals surface area contributed by atoms with Gasteiger partial charge in [0, 0.05) is 31.1 Å². The predicted octanol–water partition coefficient (Wildman–Crippen LogP) is 4.59. The first kappa shape index (κ1) is 25.0. The second-order valence-corrected chi connectivity index (χ2v) is 8.04. The maximum Gasteiger partial charge on any atom is 0.254 e. The summed E-state index contributed by atoms with van der Waals surface area (Å²) in [5.74, 6) is -4.84. The van der Waals surface area contributed by atoms with Gasteiger partial charge >= 0.3 is 0 Å². The zero-order valence-corrected chi connectivity index (χ0v) is 18.9. The van der Waals surface area contributed by atoms with Crippen molar-refractivity contribution >= 4 is 29.9 Å². The minimum Gasteiger partial charge on any atom is -0.347 e. The fourth-order valence-corrected chi connectivity index (χ4v) is 4.28. The van der Waals surface area contributed by atoms with Crippen molar-refractivity contribution < 1.29 is 22.4 Å². The van der Waals surface area contributed by atoms with E-state index in [0.717, 1.165) is 24.3 Å². The first-order valence-electron chi connectivity index (χ1n) is 9.89. The molecular formula is C22H20Cl2F4N4O. The van der Waals surface area contributed by atoms with E-state index < -0.39 is 40.8 Å². The fourth-order valence-electron chi connectivity index (χ4n) is 4.01. The summed E-state index contributed by atoms with van der Waals surface area (Å²) in [6, 6.07) is 4.76. The summed E-state index contributed by atoms with van der Waals surface area (Å²) < 4.78 is 57.9. The van der Waals surface area contributed by atoms with E-state index in [1.165, 1.54) is 24.0 Å². The number of piperidine rings is 1. The van der Waals surface area contributed by atoms with E-state index in [1.807, 2.05) is 0 Å². The molecule has 4 rings (SSSR count). The molecule has 11 heteroatoms. The third-order valence-corrected chi connectivity index (χ3v) is 5.90. The van der Waals surface area contributed by atoms with Crippen molar-refractivity contribution in [2.45, 2.75) is 18.4 Å². The molecule has 176 valence electrons. The maximum atomic E-state index is 14.8. The first-order chi connectivity index (χ1) is 15.3. The molecule has 1 amide bonds. The lowest BCUT2D eigenvalue weighted by Gasteiger charge is -2.33. The Morgan fingerprint density at radius 2 is 1.88 bits per heavy atom. The highest BCUT2D eigenvalue weighted by Gasteiger charge is 2.30. The van der Waals surface area contributed by atoms with E-state index in [4.69, 9.17) is 11.6 Å². The minimum atomic E-state index is -0.983. The number of hydrogen-bond acceptors (Lipinski definition) is 3. The lowest BCUT2D eigenvalue weighted by atomic mass is 9.85. The Bertz CT molecular complexity index is 1170. The summed E-state index contributed by atoms with van der Waals surface area (Å²) in [6.45, 7) is 0.946. The molecule has 1 aliphatic rings. The molecule has 0 bridgehead atoms. The number of halogens is 6. The van der Waals surface area contributed by atoms with Crippen molar-refractivity contribution in [3.63, 3.8) is 0 Å². The Kier molecular flexibility index (Phi) is 7.66. The van der Waals surface area contributed by atoms with Crippen molar-refractivity contribution in [3.8, 4) is 11.3 Å². The molecule has 1 fully saturated rings. The molecule has 0 spiro atoms. The zero-order chi connectivity index (χ0) is 23.0. The van der Waals surface area contributed by atoms with Crippen LogP contribution in [-0.2, 0) is 7.05 Å². The van der Waals surface area contributed by atoms with Crippen LogP contribution in [0.4, 0.5) is 17.6 Å². The van der Waals surface area contributed by atoms with Crippen molar-refractivity contribution in [2.75, 3.05) is 13.1 Å². The Morgan fingerprint density at radius 3 is 2.55 bits per heavy atom. The highest BCUT2D eigenvalue weighted by atomic mass is 35.5. The highest BCUT2D eigenvalue weighted by molar-refractivity contribution is 6.33. The molecule has 2 heterocycles. The van der Waals surface area contributed by atoms with Gasteiger partial charge in [-0.1, -0.05) is 17.7 Å². The van der Waals surface area contributed by atoms with Gasteiger partial charge in [0.1, 0.15) is 11.6 Å². The lowest BCUT2D eigenvalue weighted by Crippen LogP contribution is -2.50. The van der Waals surface area contributed by atoms with Crippen LogP contribution in [0.1, 0.15) is 28.3 Å². The highest BCUT2D eigenvalue weighted by Crippen LogP contribution is 2.31. The maximum absolute atomic E-state index is 14.8. The molecule has 2 atom stereocenters. The number of hydrogen-bond donors (Lipinski definition) is 2. The topological polar surface area (TPSA) is 59.0 Å². The largest absolute Gasteiger partial charge is 0.347 e. The van der Waals surface area contributed by atoms with Gasteiger partial charge in [-0.3, -0.25) is 9.48 Å². The van der Waals surface area contributed by atoms with Crippen molar-refractivity contribution in [2.24, 2.45) is 7.05 Å². The SMILES string of the molecule is Cl.Cn1ncc(Cl)c1-c1cc(F)c(C(=O)N[C@@H]2CNCC[C@H]2c2ccc(F)c(F)c2)cc1F. The average molecular weight is 503 g/mol. The van der Waals surface area contributed by atoms with Crippen molar-refractivity contribution in [1.29, 1.82) is 0 Å². The Morgan fingerprint density at radius 1 is 1.12 bits per heavy atom. The summed E-state index contributed by atoms with van der Waals surface area (Å²) in [6.07, 6.45) is 1.86. The molecule has 0 unspecified atom stereocenters. The second-order valence-electron chi connectivity index (χ2n) is 7.63. The molecule has 33 heavy (non-hydrogen) atoms. The summed E-state index contributed by atoms with van der Waals surface area (Å²) in [7, 11) is 1.54. The Balaban J connectivity index is 0.00000306. The molecule has 0 aliphatic carbocycles. The minimum absolute atomic E-state index is 0. The number of aromatic nitrogens is 2. The summed E-state index contributed by atoms with van der Waals surface area (Å²) in [4.78, 5) is 12.8. The van der Waals surface area contributed by atoms with E-state index >= 15 is 0 Å². The van der Waals surface area contributed by atoms with Gasteiger partial charge in [-0.05, 0) is 42.8 Å². The smallest absolute Gasteiger partial charge is 0.254 e. The van der Waals surface area contributed by atoms with Crippen LogP contribution in [0.2, 0.25) is 5.02 Å². The number of nitrogens with one attached hydrogen (secondary N) is 2. The summed E-state index contributed by atoms with van der Waals surface area (Å²) in [5.41, 5.74) is 0.107. The van der Waals surface area contributed by atoms with Crippen LogP contribution in [-0.4, -0.2) is 34.8 Å². The summed E-state index contributed by atoms with van der Waals surface area (Å²) >= 11 is 6.02. The Labute approximate surface area is 198 Å². The fraction of sp³-hybridized carbons (Fsp3) is 0.273. The average Bonchev–Trinajstić information content (AvgIpc) is 3.09. The number of carbonyl (C=O) groups is 1. The number of carbonyl (C=O) groups excluding carboxylic acids is 1. The molecule has 0 radical (unpaired) electrons. The Hall–Kier alpha value is -2.62. The van der Waals surface area contributed by atoms with E-state index in [0.29, 0.717) is 25.1 Å². The monoisotopic (exact) mass is 502 g/mol. The molecule has 2 aromatic carbocycles. The molecular weight excluding hydrogens is 483 g/mol. The van der Waals surface area contributed by atoms with E-state index in [-0.39, 0.29) is 34.6 Å². The van der Waals surface area contributed by atoms with Crippen LogP contribution in [0.3, 0.4) is 0 Å². The molecule has 1 aromatic heterocycles. The van der Waals surface area contributed by atoms with Gasteiger partial charge in [-0.25, -0.2) is 17.6 Å². The number of rotatable bonds is 4. The third kappa shape index (κ3) is 5.00. The first-order valence-corrected chi connectivity index (χ1v) is 10.3. The number of nitrogens with zero attached hydrogens (tertiary/aromatic N) is 2. The van der Waals surface area contributed by atoms with Crippen LogP contribution < -0.4 is 10.6 Å². The number of benzene rings is 2. The summed E-state index contributed by atoms with van der Waals surface area (Å²) in [5, 5.41) is 9.85. The van der Waals surface area contributed by atoms with Crippen molar-refractivity contribution in [3.05, 3.63) is 75.9 Å². The van der Waals surface area contributed by atoms with Crippen LogP contribution in [0.15, 0.2) is 36.5 Å². The normalized spacial score (nSPS) is 18.0. The molecule has 1 aliphatic heterocycles. The second kappa shape index (κ2) is 10.1. The van der Waals surface area contributed by atoms with Crippen LogP contribution in [0, 0.1) is 23.3 Å². The van der Waals surface area contributed by atoms with Crippen molar-refractivity contribution in [1.82, 2.24) is 20.4 Å². The molecule has 2 N–H and O–H groups in total. The van der Waals surface area contributed by atoms with Gasteiger partial charge in [0.25, 0.3) is 5.91 Å². The standard InChI is InChI=1S/C22H19ClF4N4O.ClH/c1-31-21(15(23)9-29-31)13-7-18(26)14(8-17(13)25)22(32)30-20-10-28-5-4-12(20)11-2-3-16(24)19(27)6-11;/h2-3,6-9,12,20,28H,4-5,10H2,1H3,(H,30,32);1H/t12-,20+;/m0./s1. The van der Waals surface area contributed by atoms with Crippen LogP contribution in [0.25, 0.3) is 11.3 Å². The molecule has 1 saturated heterocycles. The third-order valence-electron chi connectivity index (χ3n) is 5.62. The number of aryl methyl sites for hydroxylation is 1. The molecule has 0 saturated carbocycles. The quantitative estimate of drug-likeness (QED) is 0.512. The van der Waals surface area contributed by atoms with E-state index in [9.17, 15) is 22.4 Å². The van der Waals surface area contributed by atoms with E-state index in [1.54, 1.807) is 0 Å². The van der Waals surface area contributed by atoms with Gasteiger partial charge < -0.3 is 10.6 Å². The van der Waals surface area contributed by atoms with E-state index in [2.05, 4.69) is 15.7 Å². The van der Waals surface area contributed by atoms with Gasteiger partial charge in [0.2, 0.25) is 0 Å². The van der Waals surface area contributed by atoms with Gasteiger partial charge in [0.05, 0.1) is 22.5 Å². The number of amides is 1. The van der Waals surface area contributed by atoms with Crippen LogP contribution >= 0.6 is 24.0 Å². The van der Waals surface area contributed by atoms with Gasteiger partial charge in [-0.2, -0.15) is 5.10 Å². The zero-order valence-electron chi connectivity index (χ0n) is 17.3. The lowest BCUT2D eigenvalue weighted by molar-refractivity contribution is 0.0920. The molecule has 3 aromatic rings. The van der Waals surface area contributed by atoms with Gasteiger partial charge in [0.15, 0.2) is 11.6 Å². The predicted molar refractivity (Wildman–Crippen MR) is 119 cm³/mol.